The molecule has 0 fully saturated rings. The van der Waals surface area contributed by atoms with Crippen LogP contribution in [0, 0.1) is 11.3 Å². The fourth-order valence-electron chi connectivity index (χ4n) is 1.27. The first kappa shape index (κ1) is 7.87. The third-order valence-corrected chi connectivity index (χ3v) is 1.89. The maximum Gasteiger partial charge on any atom is 0.103 e. The molecule has 0 atom stereocenters. The molecule has 0 aliphatic heterocycles. The largest absolute Gasteiger partial charge is 0.514 e. The van der Waals surface area contributed by atoms with Gasteiger partial charge in [0.25, 0.3) is 0 Å². The summed E-state index contributed by atoms with van der Waals surface area (Å²) in [6, 6.07) is 1.96. The van der Waals surface area contributed by atoms with Gasteiger partial charge in [-0.05, 0) is 31.3 Å². The lowest BCUT2D eigenvalue weighted by Crippen LogP contribution is -1.94. The highest BCUT2D eigenvalue weighted by Gasteiger charge is 2.07. The van der Waals surface area contributed by atoms with Crippen LogP contribution >= 0.6 is 0 Å². The van der Waals surface area contributed by atoms with Crippen LogP contribution in [0.25, 0.3) is 0 Å². The molecule has 58 valence electrons. The lowest BCUT2D eigenvalue weighted by molar-refractivity contribution is 0.469. The second-order valence-electron chi connectivity index (χ2n) is 2.63. The van der Waals surface area contributed by atoms with E-state index in [2.05, 4.69) is 0 Å². The molecule has 0 saturated heterocycles. The average Bonchev–Trinajstić information content (AvgIpc) is 2.09. The van der Waals surface area contributed by atoms with Crippen LogP contribution in [0.1, 0.15) is 25.7 Å². The van der Waals surface area contributed by atoms with Crippen molar-refractivity contribution in [3.63, 3.8) is 0 Å². The van der Waals surface area contributed by atoms with Gasteiger partial charge >= 0.3 is 0 Å². The van der Waals surface area contributed by atoms with Crippen molar-refractivity contribution in [2.24, 2.45) is 0 Å². The summed E-state index contributed by atoms with van der Waals surface area (Å²) in [5.74, 6) is 0. The van der Waals surface area contributed by atoms with Gasteiger partial charge in [0.15, 0.2) is 0 Å². The van der Waals surface area contributed by atoms with Crippen LogP contribution in [0.4, 0.5) is 0 Å². The second kappa shape index (κ2) is 3.82. The fourth-order valence-corrected chi connectivity index (χ4v) is 1.27. The Bertz CT molecular complexity index is 232. The Labute approximate surface area is 66.5 Å². The summed E-state index contributed by atoms with van der Waals surface area (Å²) in [5.41, 5.74) is 1.42. The first-order chi connectivity index (χ1) is 5.38. The van der Waals surface area contributed by atoms with E-state index in [4.69, 9.17) is 10.4 Å². The van der Waals surface area contributed by atoms with Crippen LogP contribution in [0.15, 0.2) is 23.5 Å². The summed E-state index contributed by atoms with van der Waals surface area (Å²) in [6.45, 7) is 0. The molecular weight excluding hydrogens is 138 g/mol. The predicted octanol–water partition coefficient (Wildman–Crippen LogP) is 2.45. The van der Waals surface area contributed by atoms with Gasteiger partial charge in [0.2, 0.25) is 0 Å². The summed E-state index contributed by atoms with van der Waals surface area (Å²) in [6.07, 6.45) is 7.23. The molecule has 11 heavy (non-hydrogen) atoms. The van der Waals surface area contributed by atoms with E-state index in [9.17, 15) is 0 Å². The van der Waals surface area contributed by atoms with Crippen LogP contribution in [-0.2, 0) is 0 Å². The third-order valence-electron chi connectivity index (χ3n) is 1.89. The third kappa shape index (κ3) is 1.84. The zero-order chi connectivity index (χ0) is 8.10. The molecule has 0 saturated carbocycles. The maximum atomic E-state index is 8.65. The SMILES string of the molecule is N#C/C(=C\O)C1=CCCCC1. The van der Waals surface area contributed by atoms with Crippen molar-refractivity contribution < 1.29 is 5.11 Å². The number of nitriles is 1. The van der Waals surface area contributed by atoms with Gasteiger partial charge in [-0.2, -0.15) is 5.26 Å². The minimum Gasteiger partial charge on any atom is -0.514 e. The molecule has 0 spiro atoms. The van der Waals surface area contributed by atoms with Crippen LogP contribution < -0.4 is 0 Å². The minimum atomic E-state index is 0.421. The number of aliphatic hydroxyl groups excluding tert-OH is 1. The Balaban J connectivity index is 2.74. The fraction of sp³-hybridized carbons (Fsp3) is 0.444. The van der Waals surface area contributed by atoms with Crippen molar-refractivity contribution in [3.05, 3.63) is 23.5 Å². The topological polar surface area (TPSA) is 44.0 Å². The summed E-state index contributed by atoms with van der Waals surface area (Å²) in [4.78, 5) is 0. The highest BCUT2D eigenvalue weighted by molar-refractivity contribution is 5.40. The molecule has 0 heterocycles. The first-order valence-electron chi connectivity index (χ1n) is 3.82. The van der Waals surface area contributed by atoms with Crippen LogP contribution in [0.5, 0.6) is 0 Å². The Morgan fingerprint density at radius 3 is 2.91 bits per heavy atom. The predicted molar refractivity (Wildman–Crippen MR) is 42.9 cm³/mol. The van der Waals surface area contributed by atoms with Gasteiger partial charge in [-0.1, -0.05) is 6.08 Å². The van der Waals surface area contributed by atoms with Crippen molar-refractivity contribution in [2.75, 3.05) is 0 Å². The number of hydrogen-bond donors (Lipinski definition) is 1. The van der Waals surface area contributed by atoms with Gasteiger partial charge in [0, 0.05) is 0 Å². The van der Waals surface area contributed by atoms with Crippen molar-refractivity contribution in [2.45, 2.75) is 25.7 Å². The van der Waals surface area contributed by atoms with E-state index in [0.717, 1.165) is 31.1 Å². The second-order valence-corrected chi connectivity index (χ2v) is 2.63. The summed E-state index contributed by atoms with van der Waals surface area (Å²) < 4.78 is 0. The van der Waals surface area contributed by atoms with E-state index in [0.29, 0.717) is 5.57 Å². The number of allylic oxidation sites excluding steroid dienone is 3. The Morgan fingerprint density at radius 2 is 2.45 bits per heavy atom. The van der Waals surface area contributed by atoms with Gasteiger partial charge in [-0.3, -0.25) is 0 Å². The summed E-state index contributed by atoms with van der Waals surface area (Å²) in [7, 11) is 0. The van der Waals surface area contributed by atoms with E-state index in [-0.39, 0.29) is 0 Å². The number of hydrogen-bond acceptors (Lipinski definition) is 2. The monoisotopic (exact) mass is 149 g/mol. The molecule has 0 amide bonds. The van der Waals surface area contributed by atoms with Crippen molar-refractivity contribution in [1.29, 1.82) is 5.26 Å². The molecule has 1 aliphatic rings. The lowest BCUT2D eigenvalue weighted by Gasteiger charge is -2.09. The molecular formula is C9H11NO. The van der Waals surface area contributed by atoms with Crippen molar-refractivity contribution >= 4 is 0 Å². The molecule has 1 aliphatic carbocycles. The van der Waals surface area contributed by atoms with Gasteiger partial charge in [0.05, 0.1) is 11.8 Å². The Hall–Kier alpha value is -1.23. The summed E-state index contributed by atoms with van der Waals surface area (Å²) in [5, 5.41) is 17.2. The number of rotatable bonds is 1. The number of aliphatic hydroxyl groups is 1. The van der Waals surface area contributed by atoms with E-state index in [1.807, 2.05) is 12.1 Å². The average molecular weight is 149 g/mol. The van der Waals surface area contributed by atoms with Crippen LogP contribution in [0.3, 0.4) is 0 Å². The van der Waals surface area contributed by atoms with E-state index >= 15 is 0 Å². The van der Waals surface area contributed by atoms with Gasteiger partial charge in [0.1, 0.15) is 6.07 Å². The van der Waals surface area contributed by atoms with Crippen molar-refractivity contribution in [1.82, 2.24) is 0 Å². The van der Waals surface area contributed by atoms with E-state index in [1.165, 1.54) is 6.42 Å². The minimum absolute atomic E-state index is 0.421. The molecule has 1 N–H and O–H groups in total. The van der Waals surface area contributed by atoms with E-state index in [1.54, 1.807) is 0 Å². The standard InChI is InChI=1S/C9H11NO/c10-6-9(7-11)8-4-2-1-3-5-8/h4,7,11H,1-3,5H2/b9-7+. The zero-order valence-corrected chi connectivity index (χ0v) is 6.38. The first-order valence-corrected chi connectivity index (χ1v) is 3.82. The normalized spacial score (nSPS) is 18.8. The molecule has 2 nitrogen and oxygen atoms in total. The zero-order valence-electron chi connectivity index (χ0n) is 6.38. The smallest absolute Gasteiger partial charge is 0.103 e. The quantitative estimate of drug-likeness (QED) is 0.459. The molecule has 0 aromatic rings. The Morgan fingerprint density at radius 1 is 1.64 bits per heavy atom. The molecule has 0 bridgehead atoms. The van der Waals surface area contributed by atoms with Crippen LogP contribution in [-0.4, -0.2) is 5.11 Å². The summed E-state index contributed by atoms with van der Waals surface area (Å²) >= 11 is 0. The highest BCUT2D eigenvalue weighted by atomic mass is 16.2. The van der Waals surface area contributed by atoms with Gasteiger partial charge in [-0.25, -0.2) is 0 Å². The van der Waals surface area contributed by atoms with Gasteiger partial charge < -0.3 is 5.11 Å². The van der Waals surface area contributed by atoms with E-state index < -0.39 is 0 Å². The molecule has 0 radical (unpaired) electrons. The lowest BCUT2D eigenvalue weighted by atomic mass is 9.95. The molecule has 0 aromatic carbocycles. The van der Waals surface area contributed by atoms with Gasteiger partial charge in [-0.15, -0.1) is 0 Å². The highest BCUT2D eigenvalue weighted by Crippen LogP contribution is 2.22. The number of nitrogens with zero attached hydrogens (tertiary/aromatic N) is 1. The van der Waals surface area contributed by atoms with Crippen molar-refractivity contribution in [3.8, 4) is 6.07 Å². The maximum absolute atomic E-state index is 8.65. The molecule has 2 heteroatoms. The molecule has 0 unspecified atom stereocenters. The molecule has 1 rings (SSSR count). The molecule has 0 aromatic heterocycles. The Kier molecular flexibility index (Phi) is 2.74. The van der Waals surface area contributed by atoms with Crippen LogP contribution in [0.2, 0.25) is 0 Å².